The fraction of sp³-hybridized carbons (Fsp3) is 0.375. The largest absolute Gasteiger partial charge is 0.262 e. The summed E-state index contributed by atoms with van der Waals surface area (Å²) in [5.74, 6) is 0. The van der Waals surface area contributed by atoms with Crippen LogP contribution in [-0.4, -0.2) is 20.0 Å². The van der Waals surface area contributed by atoms with Gasteiger partial charge in [0.1, 0.15) is 11.0 Å². The second-order valence-electron chi connectivity index (χ2n) is 2.99. The fourth-order valence-electron chi connectivity index (χ4n) is 1.17. The van der Waals surface area contributed by atoms with E-state index in [0.717, 1.165) is 11.0 Å². The van der Waals surface area contributed by atoms with Crippen molar-refractivity contribution in [2.45, 2.75) is 19.9 Å². The minimum atomic E-state index is 0.333. The third kappa shape index (κ3) is 0.958. The smallest absolute Gasteiger partial charge is 0.116 e. The van der Waals surface area contributed by atoms with Gasteiger partial charge in [0.15, 0.2) is 0 Å². The van der Waals surface area contributed by atoms with Crippen LogP contribution in [0.5, 0.6) is 0 Å². The van der Waals surface area contributed by atoms with E-state index >= 15 is 0 Å². The molecule has 2 rings (SSSR count). The Hall–Kier alpha value is -1.45. The Balaban J connectivity index is 2.70. The molecule has 2 aromatic heterocycles. The Morgan fingerprint density at radius 2 is 2.25 bits per heavy atom. The summed E-state index contributed by atoms with van der Waals surface area (Å²) < 4.78 is 1.86. The van der Waals surface area contributed by atoms with E-state index in [1.54, 1.807) is 12.4 Å². The van der Waals surface area contributed by atoms with Crippen LogP contribution in [0.2, 0.25) is 0 Å². The van der Waals surface area contributed by atoms with Gasteiger partial charge in [-0.3, -0.25) is 4.98 Å². The Bertz CT molecular complexity index is 391. The Kier molecular flexibility index (Phi) is 1.53. The van der Waals surface area contributed by atoms with Gasteiger partial charge >= 0.3 is 0 Å². The highest BCUT2D eigenvalue weighted by molar-refractivity contribution is 5.72. The van der Waals surface area contributed by atoms with Crippen LogP contribution in [-0.2, 0) is 0 Å². The van der Waals surface area contributed by atoms with Crippen molar-refractivity contribution in [2.24, 2.45) is 0 Å². The third-order valence-corrected chi connectivity index (χ3v) is 1.76. The third-order valence-electron chi connectivity index (χ3n) is 1.76. The van der Waals surface area contributed by atoms with Crippen molar-refractivity contribution in [1.82, 2.24) is 20.0 Å². The first-order valence-corrected chi connectivity index (χ1v) is 3.94. The van der Waals surface area contributed by atoms with Crippen LogP contribution in [0.1, 0.15) is 19.9 Å². The van der Waals surface area contributed by atoms with E-state index in [4.69, 9.17) is 0 Å². The lowest BCUT2D eigenvalue weighted by Gasteiger charge is -2.03. The first-order chi connectivity index (χ1) is 5.79. The average Bonchev–Trinajstić information content (AvgIpc) is 2.47. The van der Waals surface area contributed by atoms with Crippen molar-refractivity contribution in [2.75, 3.05) is 0 Å². The SMILES string of the molecule is CC(C)n1nnc2ccncc21. The Labute approximate surface area is 70.2 Å². The first-order valence-electron chi connectivity index (χ1n) is 3.94. The van der Waals surface area contributed by atoms with Gasteiger partial charge in [-0.05, 0) is 19.9 Å². The van der Waals surface area contributed by atoms with Crippen molar-refractivity contribution in [3.8, 4) is 0 Å². The first kappa shape index (κ1) is 7.21. The zero-order valence-electron chi connectivity index (χ0n) is 7.10. The standard InChI is InChI=1S/C8H10N4/c1-6(2)12-8-5-9-4-3-7(8)10-11-12/h3-6H,1-2H3. The highest BCUT2D eigenvalue weighted by atomic mass is 15.4. The topological polar surface area (TPSA) is 43.6 Å². The summed E-state index contributed by atoms with van der Waals surface area (Å²) in [6.07, 6.45) is 3.51. The maximum Gasteiger partial charge on any atom is 0.116 e. The number of aromatic nitrogens is 4. The fourth-order valence-corrected chi connectivity index (χ4v) is 1.17. The molecule has 0 atom stereocenters. The Morgan fingerprint density at radius 1 is 1.42 bits per heavy atom. The van der Waals surface area contributed by atoms with Crippen LogP contribution in [0.3, 0.4) is 0 Å². The summed E-state index contributed by atoms with van der Waals surface area (Å²) in [4.78, 5) is 4.03. The highest BCUT2D eigenvalue weighted by Crippen LogP contribution is 2.12. The molecule has 0 spiro atoms. The van der Waals surface area contributed by atoms with Gasteiger partial charge in [0.25, 0.3) is 0 Å². The van der Waals surface area contributed by atoms with Crippen molar-refractivity contribution < 1.29 is 0 Å². The number of hydrogen-bond donors (Lipinski definition) is 0. The van der Waals surface area contributed by atoms with Crippen molar-refractivity contribution in [3.05, 3.63) is 18.5 Å². The summed E-state index contributed by atoms with van der Waals surface area (Å²) >= 11 is 0. The van der Waals surface area contributed by atoms with Gasteiger partial charge in [0.05, 0.1) is 6.20 Å². The van der Waals surface area contributed by atoms with Crippen LogP contribution in [0.4, 0.5) is 0 Å². The molecule has 62 valence electrons. The lowest BCUT2D eigenvalue weighted by molar-refractivity contribution is 0.529. The van der Waals surface area contributed by atoms with Crippen molar-refractivity contribution in [3.63, 3.8) is 0 Å². The molecule has 0 saturated heterocycles. The monoisotopic (exact) mass is 162 g/mol. The lowest BCUT2D eigenvalue weighted by atomic mass is 10.3. The van der Waals surface area contributed by atoms with Gasteiger partial charge in [-0.2, -0.15) is 0 Å². The lowest BCUT2D eigenvalue weighted by Crippen LogP contribution is -2.02. The number of rotatable bonds is 1. The molecular weight excluding hydrogens is 152 g/mol. The van der Waals surface area contributed by atoms with Crippen molar-refractivity contribution >= 4 is 11.0 Å². The predicted octanol–water partition coefficient (Wildman–Crippen LogP) is 1.41. The average molecular weight is 162 g/mol. The molecule has 0 amide bonds. The van der Waals surface area contributed by atoms with E-state index in [-0.39, 0.29) is 0 Å². The molecule has 2 aromatic rings. The number of pyridine rings is 1. The normalized spacial score (nSPS) is 11.2. The van der Waals surface area contributed by atoms with E-state index < -0.39 is 0 Å². The molecule has 0 aliphatic rings. The van der Waals surface area contributed by atoms with E-state index in [1.165, 1.54) is 0 Å². The van der Waals surface area contributed by atoms with Gasteiger partial charge in [0.2, 0.25) is 0 Å². The summed E-state index contributed by atoms with van der Waals surface area (Å²) in [6, 6.07) is 2.19. The summed E-state index contributed by atoms with van der Waals surface area (Å²) in [5.41, 5.74) is 1.89. The molecule has 0 radical (unpaired) electrons. The molecule has 0 aromatic carbocycles. The quantitative estimate of drug-likeness (QED) is 0.636. The molecule has 4 nitrogen and oxygen atoms in total. The summed E-state index contributed by atoms with van der Waals surface area (Å²) in [5, 5.41) is 8.03. The zero-order valence-corrected chi connectivity index (χ0v) is 7.10. The molecule has 0 aliphatic heterocycles. The number of hydrogen-bond acceptors (Lipinski definition) is 3. The molecule has 0 saturated carbocycles. The predicted molar refractivity (Wildman–Crippen MR) is 45.7 cm³/mol. The van der Waals surface area contributed by atoms with Gasteiger partial charge in [-0.25, -0.2) is 4.68 Å². The molecule has 0 aliphatic carbocycles. The molecule has 0 N–H and O–H groups in total. The van der Waals surface area contributed by atoms with Crippen LogP contribution in [0.15, 0.2) is 18.5 Å². The van der Waals surface area contributed by atoms with Gasteiger partial charge in [-0.15, -0.1) is 5.10 Å². The van der Waals surface area contributed by atoms with Gasteiger partial charge in [-0.1, -0.05) is 5.21 Å². The van der Waals surface area contributed by atoms with E-state index in [2.05, 4.69) is 29.1 Å². The molecule has 4 heteroatoms. The van der Waals surface area contributed by atoms with E-state index in [1.807, 2.05) is 10.7 Å². The van der Waals surface area contributed by atoms with E-state index in [0.29, 0.717) is 6.04 Å². The minimum absolute atomic E-state index is 0.333. The number of nitrogens with zero attached hydrogens (tertiary/aromatic N) is 4. The zero-order chi connectivity index (χ0) is 8.55. The molecule has 0 unspecified atom stereocenters. The van der Waals surface area contributed by atoms with Crippen molar-refractivity contribution in [1.29, 1.82) is 0 Å². The molecular formula is C8H10N4. The van der Waals surface area contributed by atoms with Crippen LogP contribution < -0.4 is 0 Å². The summed E-state index contributed by atoms with van der Waals surface area (Å²) in [7, 11) is 0. The van der Waals surface area contributed by atoms with Crippen LogP contribution >= 0.6 is 0 Å². The second kappa shape index (κ2) is 2.55. The molecule has 12 heavy (non-hydrogen) atoms. The Morgan fingerprint density at radius 3 is 3.00 bits per heavy atom. The maximum absolute atomic E-state index is 4.03. The van der Waals surface area contributed by atoms with Crippen LogP contribution in [0, 0.1) is 0 Å². The molecule has 2 heterocycles. The molecule has 0 bridgehead atoms. The number of fused-ring (bicyclic) bond motifs is 1. The maximum atomic E-state index is 4.03. The highest BCUT2D eigenvalue weighted by Gasteiger charge is 2.05. The van der Waals surface area contributed by atoms with Crippen LogP contribution in [0.25, 0.3) is 11.0 Å². The van der Waals surface area contributed by atoms with Gasteiger partial charge in [0, 0.05) is 12.2 Å². The second-order valence-corrected chi connectivity index (χ2v) is 2.99. The molecule has 0 fully saturated rings. The minimum Gasteiger partial charge on any atom is -0.262 e. The van der Waals surface area contributed by atoms with Gasteiger partial charge < -0.3 is 0 Å². The van der Waals surface area contributed by atoms with E-state index in [9.17, 15) is 0 Å². The summed E-state index contributed by atoms with van der Waals surface area (Å²) in [6.45, 7) is 4.14.